The Morgan fingerprint density at radius 1 is 1.17 bits per heavy atom. The van der Waals surface area contributed by atoms with Gasteiger partial charge in [-0.05, 0) is 18.6 Å². The number of anilines is 1. The zero-order chi connectivity index (χ0) is 12.8. The van der Waals surface area contributed by atoms with Gasteiger partial charge in [-0.15, -0.1) is 0 Å². The molecule has 1 unspecified atom stereocenters. The van der Waals surface area contributed by atoms with E-state index in [0.29, 0.717) is 0 Å². The fourth-order valence-corrected chi connectivity index (χ4v) is 2.68. The fourth-order valence-electron chi connectivity index (χ4n) is 2.68. The Morgan fingerprint density at radius 2 is 1.89 bits per heavy atom. The highest BCUT2D eigenvalue weighted by atomic mass is 16.2. The monoisotopic (exact) mass is 238 g/mol. The first-order chi connectivity index (χ1) is 8.65. The van der Waals surface area contributed by atoms with E-state index in [1.807, 2.05) is 50.4 Å². The Bertz CT molecular complexity index is 609. The van der Waals surface area contributed by atoms with Crippen LogP contribution in [-0.4, -0.2) is 17.9 Å². The lowest BCUT2D eigenvalue weighted by atomic mass is 9.78. The lowest BCUT2D eigenvalue weighted by molar-refractivity contribution is -0.121. The maximum atomic E-state index is 12.6. The van der Waals surface area contributed by atoms with Gasteiger partial charge in [-0.25, -0.2) is 0 Å². The minimum Gasteiger partial charge on any atom is -0.314 e. The number of amides is 1. The molecule has 0 bridgehead atoms. The second-order valence-electron chi connectivity index (χ2n) is 4.75. The summed E-state index contributed by atoms with van der Waals surface area (Å²) in [7, 11) is 1.81. The number of pyridine rings is 1. The Kier molecular flexibility index (Phi) is 2.23. The van der Waals surface area contributed by atoms with Gasteiger partial charge in [-0.3, -0.25) is 9.78 Å². The number of carbonyl (C=O) groups excluding carboxylic acids is 1. The number of aromatic nitrogens is 1. The normalized spacial score (nSPS) is 22.1. The third-order valence-electron chi connectivity index (χ3n) is 3.78. The van der Waals surface area contributed by atoms with Crippen LogP contribution >= 0.6 is 0 Å². The van der Waals surface area contributed by atoms with Crippen molar-refractivity contribution in [3.8, 4) is 0 Å². The Morgan fingerprint density at radius 3 is 2.61 bits per heavy atom. The van der Waals surface area contributed by atoms with E-state index in [9.17, 15) is 4.79 Å². The highest BCUT2D eigenvalue weighted by Crippen LogP contribution is 2.44. The van der Waals surface area contributed by atoms with Crippen molar-refractivity contribution >= 4 is 11.6 Å². The van der Waals surface area contributed by atoms with E-state index >= 15 is 0 Å². The first-order valence-electron chi connectivity index (χ1n) is 5.94. The minimum atomic E-state index is -0.625. The van der Waals surface area contributed by atoms with Crippen molar-refractivity contribution in [3.05, 3.63) is 59.9 Å². The van der Waals surface area contributed by atoms with Crippen LogP contribution in [-0.2, 0) is 10.2 Å². The van der Waals surface area contributed by atoms with Crippen LogP contribution in [0.2, 0.25) is 0 Å². The Labute approximate surface area is 106 Å². The highest BCUT2D eigenvalue weighted by molar-refractivity contribution is 6.09. The zero-order valence-corrected chi connectivity index (χ0v) is 10.4. The third-order valence-corrected chi connectivity index (χ3v) is 3.78. The molecule has 3 rings (SSSR count). The minimum absolute atomic E-state index is 0.0942. The molecular weight excluding hydrogens is 224 g/mol. The van der Waals surface area contributed by atoms with Gasteiger partial charge in [-0.1, -0.05) is 30.3 Å². The van der Waals surface area contributed by atoms with Gasteiger partial charge in [0.05, 0.1) is 5.69 Å². The molecule has 1 aromatic carbocycles. The predicted molar refractivity (Wildman–Crippen MR) is 70.5 cm³/mol. The van der Waals surface area contributed by atoms with Crippen molar-refractivity contribution in [2.45, 2.75) is 12.3 Å². The molecule has 1 amide bonds. The van der Waals surface area contributed by atoms with Crippen LogP contribution in [0, 0.1) is 0 Å². The fraction of sp³-hybridized carbons (Fsp3) is 0.200. The van der Waals surface area contributed by atoms with Gasteiger partial charge in [0, 0.05) is 25.0 Å². The van der Waals surface area contributed by atoms with E-state index in [0.717, 1.165) is 16.8 Å². The van der Waals surface area contributed by atoms with Gasteiger partial charge < -0.3 is 4.90 Å². The quantitative estimate of drug-likeness (QED) is 0.764. The van der Waals surface area contributed by atoms with Gasteiger partial charge in [0.1, 0.15) is 5.41 Å². The maximum absolute atomic E-state index is 12.6. The SMILES string of the molecule is CN1C(=O)C(C)(c2ccccc2)c2cnccc21. The van der Waals surface area contributed by atoms with Crippen molar-refractivity contribution in [2.75, 3.05) is 11.9 Å². The standard InChI is InChI=1S/C15H14N2O/c1-15(11-6-4-3-5-7-11)12-10-16-9-8-13(12)17(2)14(15)18/h3-10H,1-2H3. The molecule has 0 spiro atoms. The molecule has 0 saturated heterocycles. The molecule has 1 aliphatic rings. The topological polar surface area (TPSA) is 33.2 Å². The second-order valence-corrected chi connectivity index (χ2v) is 4.75. The number of hydrogen-bond acceptors (Lipinski definition) is 2. The zero-order valence-electron chi connectivity index (χ0n) is 10.4. The summed E-state index contributed by atoms with van der Waals surface area (Å²) in [5.41, 5.74) is 2.30. The molecular formula is C15H14N2O. The molecule has 2 heterocycles. The first kappa shape index (κ1) is 11.0. The molecule has 90 valence electrons. The predicted octanol–water partition coefficient (Wildman–Crippen LogP) is 2.36. The first-order valence-corrected chi connectivity index (χ1v) is 5.94. The Hall–Kier alpha value is -2.16. The summed E-state index contributed by atoms with van der Waals surface area (Å²) in [6.45, 7) is 1.97. The van der Waals surface area contributed by atoms with Crippen LogP contribution in [0.1, 0.15) is 18.1 Å². The molecule has 0 saturated carbocycles. The molecule has 1 aromatic heterocycles. The number of hydrogen-bond donors (Lipinski definition) is 0. The van der Waals surface area contributed by atoms with Crippen molar-refractivity contribution < 1.29 is 4.79 Å². The highest BCUT2D eigenvalue weighted by Gasteiger charge is 2.47. The van der Waals surface area contributed by atoms with Crippen LogP contribution in [0.5, 0.6) is 0 Å². The number of benzene rings is 1. The van der Waals surface area contributed by atoms with E-state index < -0.39 is 5.41 Å². The average molecular weight is 238 g/mol. The molecule has 3 heteroatoms. The van der Waals surface area contributed by atoms with E-state index in [1.165, 1.54) is 0 Å². The molecule has 18 heavy (non-hydrogen) atoms. The van der Waals surface area contributed by atoms with Crippen molar-refractivity contribution in [1.82, 2.24) is 4.98 Å². The van der Waals surface area contributed by atoms with Crippen LogP contribution in [0.4, 0.5) is 5.69 Å². The van der Waals surface area contributed by atoms with Gasteiger partial charge in [-0.2, -0.15) is 0 Å². The number of carbonyl (C=O) groups is 1. The summed E-state index contributed by atoms with van der Waals surface area (Å²) >= 11 is 0. The molecule has 1 aliphatic heterocycles. The summed E-state index contributed by atoms with van der Waals surface area (Å²) < 4.78 is 0. The molecule has 0 fully saturated rings. The van der Waals surface area contributed by atoms with Crippen molar-refractivity contribution in [2.24, 2.45) is 0 Å². The largest absolute Gasteiger partial charge is 0.314 e. The lowest BCUT2D eigenvalue weighted by Gasteiger charge is -2.23. The number of likely N-dealkylation sites (N-methyl/N-ethyl adjacent to an activating group) is 1. The smallest absolute Gasteiger partial charge is 0.241 e. The van der Waals surface area contributed by atoms with Gasteiger partial charge in [0.25, 0.3) is 0 Å². The molecule has 1 atom stereocenters. The summed E-state index contributed by atoms with van der Waals surface area (Å²) in [6.07, 6.45) is 3.52. The number of nitrogens with zero attached hydrogens (tertiary/aromatic N) is 2. The van der Waals surface area contributed by atoms with E-state index in [2.05, 4.69) is 4.98 Å². The van der Waals surface area contributed by atoms with Crippen LogP contribution in [0.15, 0.2) is 48.8 Å². The number of fused-ring (bicyclic) bond motifs is 1. The molecule has 0 radical (unpaired) electrons. The average Bonchev–Trinajstić information content (AvgIpc) is 2.64. The summed E-state index contributed by atoms with van der Waals surface area (Å²) in [4.78, 5) is 18.5. The van der Waals surface area contributed by atoms with E-state index in [4.69, 9.17) is 0 Å². The number of rotatable bonds is 1. The van der Waals surface area contributed by atoms with Crippen molar-refractivity contribution in [3.63, 3.8) is 0 Å². The second kappa shape index (κ2) is 3.67. The van der Waals surface area contributed by atoms with Crippen molar-refractivity contribution in [1.29, 1.82) is 0 Å². The van der Waals surface area contributed by atoms with Gasteiger partial charge in [0.2, 0.25) is 5.91 Å². The molecule has 0 aliphatic carbocycles. The summed E-state index contributed by atoms with van der Waals surface area (Å²) in [5.74, 6) is 0.0942. The molecule has 3 nitrogen and oxygen atoms in total. The maximum Gasteiger partial charge on any atom is 0.241 e. The summed E-state index contributed by atoms with van der Waals surface area (Å²) in [5, 5.41) is 0. The van der Waals surface area contributed by atoms with Crippen LogP contribution in [0.25, 0.3) is 0 Å². The Balaban J connectivity index is 2.27. The lowest BCUT2D eigenvalue weighted by Crippen LogP contribution is -2.36. The molecule has 2 aromatic rings. The molecule has 0 N–H and O–H groups in total. The van der Waals surface area contributed by atoms with E-state index in [-0.39, 0.29) is 5.91 Å². The van der Waals surface area contributed by atoms with Gasteiger partial charge >= 0.3 is 0 Å². The summed E-state index contributed by atoms with van der Waals surface area (Å²) in [6, 6.07) is 11.8. The third kappa shape index (κ3) is 1.24. The van der Waals surface area contributed by atoms with E-state index in [1.54, 1.807) is 17.3 Å². The van der Waals surface area contributed by atoms with Crippen LogP contribution < -0.4 is 4.90 Å². The van der Waals surface area contributed by atoms with Gasteiger partial charge in [0.15, 0.2) is 0 Å². The van der Waals surface area contributed by atoms with Crippen LogP contribution in [0.3, 0.4) is 0 Å².